The predicted molar refractivity (Wildman–Crippen MR) is 139 cm³/mol. The smallest absolute Gasteiger partial charge is 0.295 e. The van der Waals surface area contributed by atoms with E-state index in [4.69, 9.17) is 14.2 Å². The molecule has 1 N–H and O–H groups in total. The maximum absolute atomic E-state index is 13.2. The van der Waals surface area contributed by atoms with E-state index in [-0.39, 0.29) is 24.5 Å². The first-order valence-corrected chi connectivity index (χ1v) is 12.1. The van der Waals surface area contributed by atoms with Gasteiger partial charge < -0.3 is 24.2 Å². The molecular formula is C28H26BrNO6. The molecule has 0 spiro atoms. The van der Waals surface area contributed by atoms with Crippen molar-refractivity contribution in [3.05, 3.63) is 93.5 Å². The van der Waals surface area contributed by atoms with Gasteiger partial charge in [-0.2, -0.15) is 0 Å². The second kappa shape index (κ2) is 10.9. The van der Waals surface area contributed by atoms with Gasteiger partial charge in [0, 0.05) is 10.0 Å². The lowest BCUT2D eigenvalue weighted by Crippen LogP contribution is -2.33. The van der Waals surface area contributed by atoms with Gasteiger partial charge >= 0.3 is 0 Å². The molecule has 1 fully saturated rings. The fourth-order valence-electron chi connectivity index (χ4n) is 4.12. The van der Waals surface area contributed by atoms with Crippen LogP contribution in [-0.2, 0) is 9.59 Å². The molecule has 3 aromatic carbocycles. The molecular weight excluding hydrogens is 526 g/mol. The Hall–Kier alpha value is -3.78. The van der Waals surface area contributed by atoms with Crippen LogP contribution in [0.3, 0.4) is 0 Å². The highest BCUT2D eigenvalue weighted by Gasteiger charge is 2.46. The lowest BCUT2D eigenvalue weighted by Gasteiger charge is -2.25. The van der Waals surface area contributed by atoms with Crippen molar-refractivity contribution in [2.24, 2.45) is 0 Å². The van der Waals surface area contributed by atoms with E-state index in [0.717, 1.165) is 10.0 Å². The highest BCUT2D eigenvalue weighted by Crippen LogP contribution is 2.40. The molecule has 0 radical (unpaired) electrons. The maximum atomic E-state index is 13.2. The number of carbonyl (C=O) groups is 2. The highest BCUT2D eigenvalue weighted by molar-refractivity contribution is 9.10. The van der Waals surface area contributed by atoms with Crippen LogP contribution in [0.25, 0.3) is 5.76 Å². The second-order valence-corrected chi connectivity index (χ2v) is 9.11. The molecule has 186 valence electrons. The number of methoxy groups -OCH3 is 2. The first-order chi connectivity index (χ1) is 17.3. The van der Waals surface area contributed by atoms with Crippen LogP contribution in [-0.4, -0.2) is 49.1 Å². The number of hydrogen-bond acceptors (Lipinski definition) is 6. The molecule has 1 heterocycles. The van der Waals surface area contributed by atoms with Crippen LogP contribution in [0.4, 0.5) is 0 Å². The molecule has 0 aliphatic carbocycles. The van der Waals surface area contributed by atoms with Gasteiger partial charge in [0.2, 0.25) is 0 Å². The summed E-state index contributed by atoms with van der Waals surface area (Å²) in [6.07, 6.45) is 0. The zero-order chi connectivity index (χ0) is 25.8. The minimum absolute atomic E-state index is 0.0383. The summed E-state index contributed by atoms with van der Waals surface area (Å²) in [4.78, 5) is 27.8. The van der Waals surface area contributed by atoms with Crippen molar-refractivity contribution in [1.29, 1.82) is 0 Å². The zero-order valence-electron chi connectivity index (χ0n) is 20.2. The Labute approximate surface area is 218 Å². The van der Waals surface area contributed by atoms with Crippen LogP contribution < -0.4 is 14.2 Å². The van der Waals surface area contributed by atoms with Crippen LogP contribution in [0, 0.1) is 6.92 Å². The van der Waals surface area contributed by atoms with Crippen molar-refractivity contribution in [2.45, 2.75) is 13.0 Å². The molecule has 0 saturated carbocycles. The Kier molecular flexibility index (Phi) is 7.64. The van der Waals surface area contributed by atoms with E-state index in [1.165, 1.54) is 4.90 Å². The molecule has 7 nitrogen and oxygen atoms in total. The number of carbonyl (C=O) groups excluding carboxylic acids is 2. The predicted octanol–water partition coefficient (Wildman–Crippen LogP) is 5.28. The number of halogens is 1. The van der Waals surface area contributed by atoms with Gasteiger partial charge in [0.1, 0.15) is 29.6 Å². The average molecular weight is 552 g/mol. The molecule has 1 aliphatic rings. The molecule has 1 amide bonds. The Morgan fingerprint density at radius 1 is 0.917 bits per heavy atom. The van der Waals surface area contributed by atoms with Crippen LogP contribution >= 0.6 is 15.9 Å². The first-order valence-electron chi connectivity index (χ1n) is 11.3. The van der Waals surface area contributed by atoms with Gasteiger partial charge in [-0.15, -0.1) is 0 Å². The van der Waals surface area contributed by atoms with Crippen molar-refractivity contribution in [1.82, 2.24) is 4.90 Å². The van der Waals surface area contributed by atoms with Crippen molar-refractivity contribution in [3.63, 3.8) is 0 Å². The van der Waals surface area contributed by atoms with Crippen LogP contribution in [0.5, 0.6) is 17.2 Å². The van der Waals surface area contributed by atoms with E-state index >= 15 is 0 Å². The van der Waals surface area contributed by atoms with E-state index in [2.05, 4.69) is 15.9 Å². The van der Waals surface area contributed by atoms with Crippen molar-refractivity contribution >= 4 is 33.4 Å². The van der Waals surface area contributed by atoms with E-state index < -0.39 is 17.7 Å². The third-order valence-electron chi connectivity index (χ3n) is 6.06. The average Bonchev–Trinajstić information content (AvgIpc) is 3.15. The van der Waals surface area contributed by atoms with E-state index in [0.29, 0.717) is 28.4 Å². The molecule has 1 atom stereocenters. The summed E-state index contributed by atoms with van der Waals surface area (Å²) in [5.41, 5.74) is 2.06. The number of ether oxygens (including phenoxy) is 3. The molecule has 8 heteroatoms. The number of rotatable bonds is 8. The number of likely N-dealkylation sites (tertiary alicyclic amines) is 1. The number of aliphatic hydroxyl groups is 1. The number of amides is 1. The van der Waals surface area contributed by atoms with Gasteiger partial charge in [-0.3, -0.25) is 9.59 Å². The minimum atomic E-state index is -0.778. The van der Waals surface area contributed by atoms with E-state index in [1.54, 1.807) is 80.9 Å². The molecule has 1 aliphatic heterocycles. The number of ketones is 1. The molecule has 4 rings (SSSR count). The van der Waals surface area contributed by atoms with E-state index in [9.17, 15) is 14.7 Å². The third kappa shape index (κ3) is 5.09. The van der Waals surface area contributed by atoms with Gasteiger partial charge in [-0.25, -0.2) is 0 Å². The largest absolute Gasteiger partial charge is 0.507 e. The van der Waals surface area contributed by atoms with Crippen molar-refractivity contribution in [3.8, 4) is 17.2 Å². The Bertz CT molecular complexity index is 1300. The molecule has 1 saturated heterocycles. The number of hydrogen-bond donors (Lipinski definition) is 1. The molecule has 36 heavy (non-hydrogen) atoms. The number of benzene rings is 3. The monoisotopic (exact) mass is 551 g/mol. The Morgan fingerprint density at radius 2 is 1.50 bits per heavy atom. The minimum Gasteiger partial charge on any atom is -0.507 e. The van der Waals surface area contributed by atoms with Gasteiger partial charge in [-0.05, 0) is 66.6 Å². The molecule has 3 aromatic rings. The standard InChI is InChI=1S/C28H26BrNO6/c1-17-16-19(6-13-23(17)29)26(31)24-25(18-4-7-20(34-2)8-5-18)30(28(33)27(24)32)14-15-36-22-11-9-21(35-3)10-12-22/h4-13,16,25,31H,14-15H2,1-3H3/b26-24-. The van der Waals surface area contributed by atoms with Crippen molar-refractivity contribution < 1.29 is 28.9 Å². The van der Waals surface area contributed by atoms with Crippen molar-refractivity contribution in [2.75, 3.05) is 27.4 Å². The van der Waals surface area contributed by atoms with Gasteiger partial charge in [-0.1, -0.05) is 34.1 Å². The number of Topliss-reactive ketones (excluding diaryl/α,β-unsaturated/α-hetero) is 1. The zero-order valence-corrected chi connectivity index (χ0v) is 21.7. The van der Waals surface area contributed by atoms with Gasteiger partial charge in [0.05, 0.1) is 32.4 Å². The summed E-state index contributed by atoms with van der Waals surface area (Å²) in [6.45, 7) is 2.18. The number of nitrogens with zero attached hydrogens (tertiary/aromatic N) is 1. The first kappa shape index (κ1) is 25.3. The fraction of sp³-hybridized carbons (Fsp3) is 0.214. The fourth-order valence-corrected chi connectivity index (χ4v) is 4.37. The molecule has 0 bridgehead atoms. The summed E-state index contributed by atoms with van der Waals surface area (Å²) in [7, 11) is 3.15. The SMILES string of the molecule is COc1ccc(OCCN2C(=O)C(=O)/C(=C(\O)c3ccc(Br)c(C)c3)C2c2ccc(OC)cc2)cc1. The van der Waals surface area contributed by atoms with Crippen LogP contribution in [0.1, 0.15) is 22.7 Å². The van der Waals surface area contributed by atoms with Gasteiger partial charge in [0.25, 0.3) is 11.7 Å². The topological polar surface area (TPSA) is 85.3 Å². The highest BCUT2D eigenvalue weighted by atomic mass is 79.9. The Morgan fingerprint density at radius 3 is 2.08 bits per heavy atom. The maximum Gasteiger partial charge on any atom is 0.295 e. The lowest BCUT2D eigenvalue weighted by molar-refractivity contribution is -0.140. The normalized spacial score (nSPS) is 16.8. The quantitative estimate of drug-likeness (QED) is 0.233. The third-order valence-corrected chi connectivity index (χ3v) is 6.95. The summed E-state index contributed by atoms with van der Waals surface area (Å²) in [5.74, 6) is 0.308. The number of aryl methyl sites for hydroxylation is 1. The van der Waals surface area contributed by atoms with Gasteiger partial charge in [0.15, 0.2) is 0 Å². The number of aliphatic hydroxyl groups excluding tert-OH is 1. The van der Waals surface area contributed by atoms with E-state index in [1.807, 2.05) is 6.92 Å². The second-order valence-electron chi connectivity index (χ2n) is 8.25. The van der Waals surface area contributed by atoms with Crippen LogP contribution in [0.15, 0.2) is 76.8 Å². The molecule has 0 aromatic heterocycles. The summed E-state index contributed by atoms with van der Waals surface area (Å²) in [6, 6.07) is 18.7. The summed E-state index contributed by atoms with van der Waals surface area (Å²) >= 11 is 3.45. The molecule has 1 unspecified atom stereocenters. The van der Waals surface area contributed by atoms with Crippen LogP contribution in [0.2, 0.25) is 0 Å². The summed E-state index contributed by atoms with van der Waals surface area (Å²) < 4.78 is 17.1. The summed E-state index contributed by atoms with van der Waals surface area (Å²) in [5, 5.41) is 11.2. The Balaban J connectivity index is 1.68. The lowest BCUT2D eigenvalue weighted by atomic mass is 9.95.